The number of pyridine rings is 1. The van der Waals surface area contributed by atoms with Crippen molar-refractivity contribution < 1.29 is 9.53 Å². The molecule has 0 bridgehead atoms. The Labute approximate surface area is 204 Å². The Morgan fingerprint density at radius 3 is 2.44 bits per heavy atom. The fraction of sp³-hybridized carbons (Fsp3) is 0.654. The van der Waals surface area contributed by atoms with Gasteiger partial charge in [0.1, 0.15) is 12.5 Å². The van der Waals surface area contributed by atoms with Crippen LogP contribution in [0.3, 0.4) is 0 Å². The Morgan fingerprint density at radius 1 is 1.24 bits per heavy atom. The van der Waals surface area contributed by atoms with Gasteiger partial charge in [-0.3, -0.25) is 4.79 Å². The van der Waals surface area contributed by atoms with Crippen LogP contribution in [-0.4, -0.2) is 41.4 Å². The zero-order chi connectivity index (χ0) is 24.5. The van der Waals surface area contributed by atoms with Gasteiger partial charge in [-0.1, -0.05) is 26.6 Å². The molecule has 2 aliphatic carbocycles. The molecule has 34 heavy (non-hydrogen) atoms. The molecule has 2 fully saturated rings. The minimum absolute atomic E-state index is 0.113. The number of rotatable bonds is 12. The lowest BCUT2D eigenvalue weighted by Gasteiger charge is -2.22. The number of amides is 1. The first kappa shape index (κ1) is 25.1. The van der Waals surface area contributed by atoms with E-state index in [9.17, 15) is 4.79 Å². The molecule has 2 saturated carbocycles. The van der Waals surface area contributed by atoms with E-state index in [1.54, 1.807) is 0 Å². The second kappa shape index (κ2) is 10.3. The van der Waals surface area contributed by atoms with Gasteiger partial charge in [-0.25, -0.2) is 9.67 Å². The van der Waals surface area contributed by atoms with E-state index in [-0.39, 0.29) is 5.91 Å². The number of nitrogens with one attached hydrogen (secondary N) is 1. The predicted molar refractivity (Wildman–Crippen MR) is 139 cm³/mol. The standard InChI is InChI=1S/C26H41N5O2Si/c1-6-21-23(17(2)30-31(21)16-33-13-14-34(3,4)5)20-11-12-22(28-15-20)29-26(32)25(27)24(18-7-8-18)19-9-10-19/h11-12,15,18-19,24-25H,6-10,13-14,16,27H2,1-5H3,(H,28,29,32). The van der Waals surface area contributed by atoms with Crippen LogP contribution in [0.25, 0.3) is 11.1 Å². The number of anilines is 1. The molecule has 0 aromatic carbocycles. The zero-order valence-electron chi connectivity index (χ0n) is 21.4. The van der Waals surface area contributed by atoms with Gasteiger partial charge in [-0.15, -0.1) is 0 Å². The average Bonchev–Trinajstić information content (AvgIpc) is 3.71. The van der Waals surface area contributed by atoms with Gasteiger partial charge in [0.05, 0.1) is 11.7 Å². The number of ether oxygens (including phenoxy) is 1. The highest BCUT2D eigenvalue weighted by atomic mass is 28.3. The molecule has 0 aliphatic heterocycles. The first-order valence-corrected chi connectivity index (χ1v) is 16.6. The lowest BCUT2D eigenvalue weighted by atomic mass is 9.89. The fourth-order valence-electron chi connectivity index (χ4n) is 4.93. The van der Waals surface area contributed by atoms with Crippen molar-refractivity contribution in [1.82, 2.24) is 14.8 Å². The van der Waals surface area contributed by atoms with Crippen molar-refractivity contribution in [2.24, 2.45) is 23.5 Å². The number of nitrogens with two attached hydrogens (primary N) is 1. The van der Waals surface area contributed by atoms with E-state index in [2.05, 4.69) is 36.9 Å². The number of carbonyl (C=O) groups is 1. The molecule has 2 aromatic rings. The third-order valence-electron chi connectivity index (χ3n) is 7.13. The summed E-state index contributed by atoms with van der Waals surface area (Å²) in [6.07, 6.45) is 7.53. The van der Waals surface area contributed by atoms with Crippen molar-refractivity contribution in [3.8, 4) is 11.1 Å². The van der Waals surface area contributed by atoms with E-state index in [0.29, 0.717) is 30.3 Å². The van der Waals surface area contributed by atoms with Gasteiger partial charge in [0.15, 0.2) is 0 Å². The average molecular weight is 484 g/mol. The topological polar surface area (TPSA) is 95.1 Å². The van der Waals surface area contributed by atoms with Gasteiger partial charge in [0.25, 0.3) is 0 Å². The second-order valence-electron chi connectivity index (χ2n) is 11.3. The lowest BCUT2D eigenvalue weighted by Crippen LogP contribution is -2.43. The lowest BCUT2D eigenvalue weighted by molar-refractivity contribution is -0.118. The number of hydrogen-bond acceptors (Lipinski definition) is 5. The van der Waals surface area contributed by atoms with Crippen LogP contribution in [0, 0.1) is 24.7 Å². The molecule has 0 spiro atoms. The summed E-state index contributed by atoms with van der Waals surface area (Å²) in [4.78, 5) is 17.4. The molecule has 186 valence electrons. The highest BCUT2D eigenvalue weighted by Gasteiger charge is 2.46. The molecule has 0 saturated heterocycles. The molecule has 7 nitrogen and oxygen atoms in total. The van der Waals surface area contributed by atoms with E-state index in [1.807, 2.05) is 29.9 Å². The molecule has 2 aliphatic rings. The molecule has 4 rings (SSSR count). The summed E-state index contributed by atoms with van der Waals surface area (Å²) < 4.78 is 7.92. The highest BCUT2D eigenvalue weighted by Crippen LogP contribution is 2.50. The minimum Gasteiger partial charge on any atom is -0.360 e. The summed E-state index contributed by atoms with van der Waals surface area (Å²) in [5, 5.41) is 7.69. The summed E-state index contributed by atoms with van der Waals surface area (Å²) >= 11 is 0. The second-order valence-corrected chi connectivity index (χ2v) is 16.9. The molecule has 1 unspecified atom stereocenters. The fourth-order valence-corrected chi connectivity index (χ4v) is 5.69. The Bertz CT molecular complexity index is 978. The van der Waals surface area contributed by atoms with Gasteiger partial charge >= 0.3 is 0 Å². The number of nitrogens with zero attached hydrogens (tertiary/aromatic N) is 3. The predicted octanol–water partition coefficient (Wildman–Crippen LogP) is 4.83. The summed E-state index contributed by atoms with van der Waals surface area (Å²) in [6.45, 7) is 12.5. The van der Waals surface area contributed by atoms with Crippen molar-refractivity contribution in [3.05, 3.63) is 29.7 Å². The van der Waals surface area contributed by atoms with Crippen molar-refractivity contribution in [3.63, 3.8) is 0 Å². The molecule has 1 atom stereocenters. The third kappa shape index (κ3) is 6.15. The van der Waals surface area contributed by atoms with Crippen molar-refractivity contribution in [2.75, 3.05) is 11.9 Å². The summed E-state index contributed by atoms with van der Waals surface area (Å²) in [5.74, 6) is 2.03. The van der Waals surface area contributed by atoms with Crippen LogP contribution in [0.1, 0.15) is 44.0 Å². The van der Waals surface area contributed by atoms with Gasteiger partial charge in [-0.2, -0.15) is 5.10 Å². The summed E-state index contributed by atoms with van der Waals surface area (Å²) in [5.41, 5.74) is 10.6. The van der Waals surface area contributed by atoms with Crippen molar-refractivity contribution in [1.29, 1.82) is 0 Å². The quantitative estimate of drug-likeness (QED) is 0.333. The number of aryl methyl sites for hydroxylation is 1. The molecular formula is C26H41N5O2Si. The summed E-state index contributed by atoms with van der Waals surface area (Å²) in [6, 6.07) is 4.57. The van der Waals surface area contributed by atoms with Gasteiger partial charge in [-0.05, 0) is 75.0 Å². The molecule has 3 N–H and O–H groups in total. The largest absolute Gasteiger partial charge is 0.360 e. The molecule has 2 aromatic heterocycles. The molecule has 8 heteroatoms. The number of aromatic nitrogens is 3. The number of carbonyl (C=O) groups excluding carboxylic acids is 1. The van der Waals surface area contributed by atoms with Gasteiger partial charge in [0.2, 0.25) is 5.91 Å². The molecule has 1 amide bonds. The first-order chi connectivity index (χ1) is 16.2. The summed E-state index contributed by atoms with van der Waals surface area (Å²) in [7, 11) is -1.11. The van der Waals surface area contributed by atoms with Crippen LogP contribution < -0.4 is 11.1 Å². The van der Waals surface area contributed by atoms with E-state index in [4.69, 9.17) is 15.6 Å². The maximum absolute atomic E-state index is 12.8. The van der Waals surface area contributed by atoms with E-state index in [0.717, 1.165) is 41.6 Å². The highest BCUT2D eigenvalue weighted by molar-refractivity contribution is 6.76. The Morgan fingerprint density at radius 2 is 1.91 bits per heavy atom. The Balaban J connectivity index is 1.41. The first-order valence-electron chi connectivity index (χ1n) is 12.8. The van der Waals surface area contributed by atoms with Crippen LogP contribution >= 0.6 is 0 Å². The van der Waals surface area contributed by atoms with Gasteiger partial charge in [0, 0.05) is 37.7 Å². The van der Waals surface area contributed by atoms with Crippen LogP contribution in [0.2, 0.25) is 25.7 Å². The van der Waals surface area contributed by atoms with Crippen molar-refractivity contribution in [2.45, 2.75) is 84.4 Å². The Hall–Kier alpha value is -2.03. The van der Waals surface area contributed by atoms with E-state index >= 15 is 0 Å². The molecular weight excluding hydrogens is 442 g/mol. The van der Waals surface area contributed by atoms with E-state index < -0.39 is 14.1 Å². The zero-order valence-corrected chi connectivity index (χ0v) is 22.4. The van der Waals surface area contributed by atoms with Crippen LogP contribution in [-0.2, 0) is 22.7 Å². The minimum atomic E-state index is -1.11. The molecule has 0 radical (unpaired) electrons. The number of hydrogen-bond donors (Lipinski definition) is 2. The van der Waals surface area contributed by atoms with E-state index in [1.165, 1.54) is 25.7 Å². The van der Waals surface area contributed by atoms with Crippen LogP contribution in [0.5, 0.6) is 0 Å². The smallest absolute Gasteiger partial charge is 0.242 e. The third-order valence-corrected chi connectivity index (χ3v) is 8.84. The van der Waals surface area contributed by atoms with Crippen LogP contribution in [0.4, 0.5) is 5.82 Å². The van der Waals surface area contributed by atoms with Crippen molar-refractivity contribution >= 4 is 19.8 Å². The molecule has 2 heterocycles. The van der Waals surface area contributed by atoms with Crippen LogP contribution in [0.15, 0.2) is 18.3 Å². The SMILES string of the molecule is CCc1c(-c2ccc(NC(=O)C(N)C(C3CC3)C3CC3)nc2)c(C)nn1COCC[Si](C)(C)C. The van der Waals surface area contributed by atoms with Gasteiger partial charge < -0.3 is 15.8 Å². The maximum Gasteiger partial charge on any atom is 0.242 e. The maximum atomic E-state index is 12.8. The normalized spacial score (nSPS) is 17.3. The Kier molecular flexibility index (Phi) is 7.59. The monoisotopic (exact) mass is 483 g/mol.